The molecule has 3 rings (SSSR count). The molecule has 0 aliphatic rings. The lowest BCUT2D eigenvalue weighted by atomic mass is 9.99. The lowest BCUT2D eigenvalue weighted by molar-refractivity contribution is -0.114. The van der Waals surface area contributed by atoms with Crippen LogP contribution in [0, 0.1) is 13.8 Å². The van der Waals surface area contributed by atoms with E-state index in [-0.39, 0.29) is 22.3 Å². The number of sulfonamides is 1. The number of aryl methyl sites for hydroxylation is 2. The predicted molar refractivity (Wildman–Crippen MR) is 117 cm³/mol. The van der Waals surface area contributed by atoms with Crippen LogP contribution in [-0.2, 0) is 14.8 Å². The average molecular weight is 423 g/mol. The lowest BCUT2D eigenvalue weighted by Gasteiger charge is -2.11. The fourth-order valence-corrected chi connectivity index (χ4v) is 3.96. The minimum atomic E-state index is -3.85. The molecule has 0 bridgehead atoms. The number of hydrogen-bond donors (Lipinski definition) is 2. The molecular formula is C23H22N2O4S. The first-order valence-corrected chi connectivity index (χ1v) is 10.8. The number of anilines is 2. The quantitative estimate of drug-likeness (QED) is 0.580. The van der Waals surface area contributed by atoms with Crippen LogP contribution in [0.1, 0.15) is 34.0 Å². The third kappa shape index (κ3) is 4.93. The Bertz CT molecular complexity index is 1220. The lowest BCUT2D eigenvalue weighted by Crippen LogP contribution is -2.14. The second-order valence-electron chi connectivity index (χ2n) is 7.02. The molecule has 3 aromatic rings. The van der Waals surface area contributed by atoms with Crippen molar-refractivity contribution in [2.75, 3.05) is 10.0 Å². The summed E-state index contributed by atoms with van der Waals surface area (Å²) >= 11 is 0. The average Bonchev–Trinajstić information content (AvgIpc) is 2.69. The summed E-state index contributed by atoms with van der Waals surface area (Å²) in [6.45, 7) is 5.29. The predicted octanol–water partition coefficient (Wildman–Crippen LogP) is 4.29. The molecule has 30 heavy (non-hydrogen) atoms. The van der Waals surface area contributed by atoms with Crippen LogP contribution in [0.15, 0.2) is 71.6 Å². The van der Waals surface area contributed by atoms with E-state index in [1.54, 1.807) is 24.3 Å². The monoisotopic (exact) mass is 422 g/mol. The van der Waals surface area contributed by atoms with Gasteiger partial charge in [-0.3, -0.25) is 14.3 Å². The molecule has 2 N–H and O–H groups in total. The molecule has 0 unspecified atom stereocenters. The standard InChI is InChI=1S/C23H22N2O4S/c1-15-7-8-19(13-16(15)2)23(27)18-5-4-6-21(14-18)25-30(28,29)22-11-9-20(10-12-22)24-17(3)26/h4-14,25H,1-3H3,(H,24,26). The zero-order valence-corrected chi connectivity index (χ0v) is 17.7. The van der Waals surface area contributed by atoms with E-state index in [4.69, 9.17) is 0 Å². The largest absolute Gasteiger partial charge is 0.326 e. The molecule has 0 heterocycles. The van der Waals surface area contributed by atoms with E-state index in [1.807, 2.05) is 26.0 Å². The molecule has 7 heteroatoms. The fraction of sp³-hybridized carbons (Fsp3) is 0.130. The second kappa shape index (κ2) is 8.51. The number of hydrogen-bond acceptors (Lipinski definition) is 4. The number of rotatable bonds is 6. The first-order chi connectivity index (χ1) is 14.2. The van der Waals surface area contributed by atoms with Crippen LogP contribution in [0.3, 0.4) is 0 Å². The van der Waals surface area contributed by atoms with Crippen molar-refractivity contribution in [1.82, 2.24) is 0 Å². The highest BCUT2D eigenvalue weighted by Gasteiger charge is 2.16. The molecule has 3 aromatic carbocycles. The maximum atomic E-state index is 12.8. The van der Waals surface area contributed by atoms with Gasteiger partial charge in [0.25, 0.3) is 10.0 Å². The topological polar surface area (TPSA) is 92.3 Å². The van der Waals surface area contributed by atoms with Gasteiger partial charge >= 0.3 is 0 Å². The highest BCUT2D eigenvalue weighted by Crippen LogP contribution is 2.21. The molecule has 0 fully saturated rings. The van der Waals surface area contributed by atoms with Crippen LogP contribution in [0.25, 0.3) is 0 Å². The van der Waals surface area contributed by atoms with Gasteiger partial charge < -0.3 is 5.32 Å². The molecule has 0 saturated carbocycles. The molecule has 0 spiro atoms. The SMILES string of the molecule is CC(=O)Nc1ccc(S(=O)(=O)Nc2cccc(C(=O)c3ccc(C)c(C)c3)c2)cc1. The minimum absolute atomic E-state index is 0.0440. The van der Waals surface area contributed by atoms with Crippen molar-refractivity contribution in [3.8, 4) is 0 Å². The first kappa shape index (κ1) is 21.3. The third-order valence-corrected chi connectivity index (χ3v) is 6.03. The summed E-state index contributed by atoms with van der Waals surface area (Å²) in [5.74, 6) is -0.423. The van der Waals surface area contributed by atoms with Gasteiger partial charge in [0.15, 0.2) is 5.78 Å². The summed E-state index contributed by atoms with van der Waals surface area (Å²) < 4.78 is 27.9. The number of amides is 1. The van der Waals surface area contributed by atoms with Crippen molar-refractivity contribution in [2.45, 2.75) is 25.7 Å². The minimum Gasteiger partial charge on any atom is -0.326 e. The Kier molecular flexibility index (Phi) is 6.03. The zero-order valence-electron chi connectivity index (χ0n) is 16.9. The highest BCUT2D eigenvalue weighted by atomic mass is 32.2. The van der Waals surface area contributed by atoms with E-state index >= 15 is 0 Å². The summed E-state index contributed by atoms with van der Waals surface area (Å²) in [7, 11) is -3.85. The van der Waals surface area contributed by atoms with Crippen LogP contribution in [0.2, 0.25) is 0 Å². The number of benzene rings is 3. The number of ketones is 1. The molecule has 0 aliphatic carbocycles. The second-order valence-corrected chi connectivity index (χ2v) is 8.70. The van der Waals surface area contributed by atoms with Crippen molar-refractivity contribution in [2.24, 2.45) is 0 Å². The summed E-state index contributed by atoms with van der Waals surface area (Å²) in [5, 5.41) is 2.58. The van der Waals surface area contributed by atoms with Crippen LogP contribution in [0.5, 0.6) is 0 Å². The molecule has 0 saturated heterocycles. The van der Waals surface area contributed by atoms with E-state index < -0.39 is 10.0 Å². The Hall–Kier alpha value is -3.45. The van der Waals surface area contributed by atoms with E-state index in [1.165, 1.54) is 37.3 Å². The Morgan fingerprint density at radius 1 is 0.767 bits per heavy atom. The molecule has 6 nitrogen and oxygen atoms in total. The molecule has 1 amide bonds. The van der Waals surface area contributed by atoms with Gasteiger partial charge in [-0.15, -0.1) is 0 Å². The van der Waals surface area contributed by atoms with Crippen LogP contribution < -0.4 is 10.0 Å². The van der Waals surface area contributed by atoms with Gasteiger partial charge in [0, 0.05) is 29.4 Å². The van der Waals surface area contributed by atoms with Gasteiger partial charge in [0.05, 0.1) is 4.90 Å². The Balaban J connectivity index is 1.82. The smallest absolute Gasteiger partial charge is 0.261 e. The van der Waals surface area contributed by atoms with Gasteiger partial charge in [-0.2, -0.15) is 0 Å². The molecule has 154 valence electrons. The summed E-state index contributed by atoms with van der Waals surface area (Å²) in [6.07, 6.45) is 0. The summed E-state index contributed by atoms with van der Waals surface area (Å²) in [6, 6.07) is 17.7. The van der Waals surface area contributed by atoms with E-state index in [9.17, 15) is 18.0 Å². The maximum Gasteiger partial charge on any atom is 0.261 e. The number of nitrogens with one attached hydrogen (secondary N) is 2. The molecule has 0 atom stereocenters. The maximum absolute atomic E-state index is 12.8. The highest BCUT2D eigenvalue weighted by molar-refractivity contribution is 7.92. The van der Waals surface area contributed by atoms with Crippen LogP contribution in [0.4, 0.5) is 11.4 Å². The van der Waals surface area contributed by atoms with Crippen LogP contribution in [-0.4, -0.2) is 20.1 Å². The van der Waals surface area contributed by atoms with E-state index in [2.05, 4.69) is 10.0 Å². The summed E-state index contributed by atoms with van der Waals surface area (Å²) in [4.78, 5) is 23.9. The van der Waals surface area contributed by atoms with Crippen molar-refractivity contribution in [3.05, 3.63) is 89.0 Å². The van der Waals surface area contributed by atoms with Gasteiger partial charge in [-0.05, 0) is 67.4 Å². The third-order valence-electron chi connectivity index (χ3n) is 4.63. The van der Waals surface area contributed by atoms with Crippen molar-refractivity contribution < 1.29 is 18.0 Å². The molecule has 0 aromatic heterocycles. The van der Waals surface area contributed by atoms with E-state index in [0.29, 0.717) is 16.8 Å². The van der Waals surface area contributed by atoms with Gasteiger partial charge in [0.1, 0.15) is 0 Å². The van der Waals surface area contributed by atoms with Crippen LogP contribution >= 0.6 is 0 Å². The number of carbonyl (C=O) groups is 2. The molecule has 0 aliphatic heterocycles. The van der Waals surface area contributed by atoms with Crippen molar-refractivity contribution >= 4 is 33.1 Å². The van der Waals surface area contributed by atoms with Gasteiger partial charge in [-0.25, -0.2) is 8.42 Å². The summed E-state index contributed by atoms with van der Waals surface area (Å²) in [5.41, 5.74) is 3.84. The molecular weight excluding hydrogens is 400 g/mol. The normalized spacial score (nSPS) is 11.0. The zero-order chi connectivity index (χ0) is 21.9. The molecule has 0 radical (unpaired) electrons. The Morgan fingerprint density at radius 3 is 2.07 bits per heavy atom. The number of carbonyl (C=O) groups excluding carboxylic acids is 2. The fourth-order valence-electron chi connectivity index (χ4n) is 2.91. The van der Waals surface area contributed by atoms with Crippen molar-refractivity contribution in [3.63, 3.8) is 0 Å². The first-order valence-electron chi connectivity index (χ1n) is 9.28. The van der Waals surface area contributed by atoms with E-state index in [0.717, 1.165) is 11.1 Å². The van der Waals surface area contributed by atoms with Gasteiger partial charge in [-0.1, -0.05) is 24.3 Å². The Morgan fingerprint density at radius 2 is 1.43 bits per heavy atom. The van der Waals surface area contributed by atoms with Crippen molar-refractivity contribution in [1.29, 1.82) is 0 Å². The Labute approximate surface area is 176 Å². The van der Waals surface area contributed by atoms with Gasteiger partial charge in [0.2, 0.25) is 5.91 Å².